The zero-order chi connectivity index (χ0) is 19.8. The Balaban J connectivity index is 1.91. The summed E-state index contributed by atoms with van der Waals surface area (Å²) >= 11 is 0. The molecule has 2 aromatic carbocycles. The van der Waals surface area contributed by atoms with Gasteiger partial charge in [0.25, 0.3) is 0 Å². The van der Waals surface area contributed by atoms with E-state index in [0.29, 0.717) is 17.9 Å². The predicted octanol–water partition coefficient (Wildman–Crippen LogP) is 2.27. The van der Waals surface area contributed by atoms with Crippen LogP contribution in [-0.4, -0.2) is 28.9 Å². The second kappa shape index (κ2) is 6.62. The van der Waals surface area contributed by atoms with Gasteiger partial charge < -0.3 is 15.3 Å². The molecule has 2 N–H and O–H groups in total. The molecule has 2 aromatic rings. The van der Waals surface area contributed by atoms with E-state index in [0.717, 1.165) is 11.1 Å². The number of aliphatic hydroxyl groups excluding tert-OH is 1. The highest BCUT2D eigenvalue weighted by atomic mass is 16.3. The summed E-state index contributed by atoms with van der Waals surface area (Å²) in [6.07, 6.45) is -1.31. The van der Waals surface area contributed by atoms with Crippen LogP contribution in [0.2, 0.25) is 0 Å². The van der Waals surface area contributed by atoms with Gasteiger partial charge >= 0.3 is 6.03 Å². The molecule has 2 aliphatic rings. The fourth-order valence-corrected chi connectivity index (χ4v) is 3.15. The molecule has 0 bridgehead atoms. The van der Waals surface area contributed by atoms with Gasteiger partial charge in [-0.15, -0.1) is 0 Å². The summed E-state index contributed by atoms with van der Waals surface area (Å²) in [7, 11) is 0. The number of aryl methyl sites for hydroxylation is 1. The van der Waals surface area contributed by atoms with Crippen molar-refractivity contribution < 1.29 is 9.90 Å². The Morgan fingerprint density at radius 3 is 2.50 bits per heavy atom. The maximum Gasteiger partial charge on any atom is 0.345 e. The molecule has 0 saturated carbocycles. The van der Waals surface area contributed by atoms with Gasteiger partial charge in [-0.25, -0.2) is 9.79 Å². The summed E-state index contributed by atoms with van der Waals surface area (Å²) in [6.45, 7) is 2.33. The average molecular weight is 370 g/mol. The number of aliphatic imine (C=N–C) groups is 2. The number of carbonyl (C=O) groups excluding carboxylic acids is 1. The van der Waals surface area contributed by atoms with Crippen LogP contribution in [0.25, 0.3) is 0 Å². The SMILES string of the molecule is Cc1ccc(CN2C3=NC(=O)NC(O)C3=Nc3cc(C#N)c(C#N)cc32)cc1. The number of carbonyl (C=O) groups is 1. The van der Waals surface area contributed by atoms with Crippen molar-refractivity contribution in [3.8, 4) is 12.1 Å². The van der Waals surface area contributed by atoms with Gasteiger partial charge in [0, 0.05) is 6.54 Å². The molecular weight excluding hydrogens is 356 g/mol. The van der Waals surface area contributed by atoms with Crippen LogP contribution in [0, 0.1) is 29.6 Å². The first-order valence-electron chi connectivity index (χ1n) is 8.47. The number of nitrogens with zero attached hydrogens (tertiary/aromatic N) is 5. The van der Waals surface area contributed by atoms with Crippen LogP contribution in [0.4, 0.5) is 16.2 Å². The summed E-state index contributed by atoms with van der Waals surface area (Å²) in [6, 6.07) is 14.2. The third kappa shape index (κ3) is 2.88. The minimum atomic E-state index is -1.31. The smallest absolute Gasteiger partial charge is 0.345 e. The molecule has 0 aliphatic carbocycles. The second-order valence-corrected chi connectivity index (χ2v) is 6.47. The Morgan fingerprint density at radius 1 is 1.14 bits per heavy atom. The van der Waals surface area contributed by atoms with Gasteiger partial charge in [0.05, 0.1) is 22.5 Å². The number of urea groups is 1. The number of anilines is 1. The van der Waals surface area contributed by atoms with E-state index in [4.69, 9.17) is 0 Å². The van der Waals surface area contributed by atoms with Gasteiger partial charge in [-0.3, -0.25) is 0 Å². The first-order chi connectivity index (χ1) is 13.5. The largest absolute Gasteiger partial charge is 0.368 e. The van der Waals surface area contributed by atoms with E-state index in [2.05, 4.69) is 15.3 Å². The molecule has 0 aromatic heterocycles. The van der Waals surface area contributed by atoms with Crippen LogP contribution in [0.1, 0.15) is 22.3 Å². The second-order valence-electron chi connectivity index (χ2n) is 6.47. The van der Waals surface area contributed by atoms with Gasteiger partial charge in [0.15, 0.2) is 12.1 Å². The fourth-order valence-electron chi connectivity index (χ4n) is 3.15. The molecule has 1 atom stereocenters. The Hall–Kier alpha value is -4.01. The topological polar surface area (TPSA) is 125 Å². The van der Waals surface area contributed by atoms with E-state index in [9.17, 15) is 20.4 Å². The lowest BCUT2D eigenvalue weighted by molar-refractivity contribution is 0.194. The minimum Gasteiger partial charge on any atom is -0.368 e. The lowest BCUT2D eigenvalue weighted by atomic mass is 10.0. The van der Waals surface area contributed by atoms with Crippen molar-refractivity contribution in [2.45, 2.75) is 19.7 Å². The van der Waals surface area contributed by atoms with Crippen molar-refractivity contribution in [3.63, 3.8) is 0 Å². The molecule has 1 unspecified atom stereocenters. The Labute approximate surface area is 160 Å². The van der Waals surface area contributed by atoms with Gasteiger partial charge in [-0.1, -0.05) is 29.8 Å². The molecule has 2 heterocycles. The molecule has 4 rings (SSSR count). The molecule has 28 heavy (non-hydrogen) atoms. The quantitative estimate of drug-likeness (QED) is 0.839. The number of fused-ring (bicyclic) bond motifs is 2. The van der Waals surface area contributed by atoms with Crippen molar-refractivity contribution >= 4 is 29.0 Å². The molecule has 2 amide bonds. The molecule has 0 spiro atoms. The standard InChI is InChI=1S/C20H14N6O2/c1-11-2-4-12(5-3-11)10-26-16-7-14(9-22)13(8-21)6-15(16)23-17-18(26)24-20(28)25-19(17)27/h2-7,19,27H,10H2,1H3,(H,25,28). The predicted molar refractivity (Wildman–Crippen MR) is 102 cm³/mol. The van der Waals surface area contributed by atoms with Crippen molar-refractivity contribution in [1.29, 1.82) is 10.5 Å². The number of amides is 2. The lowest BCUT2D eigenvalue weighted by Gasteiger charge is -2.35. The Morgan fingerprint density at radius 2 is 1.82 bits per heavy atom. The van der Waals surface area contributed by atoms with E-state index >= 15 is 0 Å². The number of rotatable bonds is 2. The average Bonchev–Trinajstić information content (AvgIpc) is 2.69. The fraction of sp³-hybridized carbons (Fsp3) is 0.150. The lowest BCUT2D eigenvalue weighted by Crippen LogP contribution is -2.54. The van der Waals surface area contributed by atoms with Crippen LogP contribution in [0.15, 0.2) is 46.4 Å². The van der Waals surface area contributed by atoms with E-state index < -0.39 is 12.3 Å². The molecular formula is C20H14N6O2. The highest BCUT2D eigenvalue weighted by molar-refractivity contribution is 6.51. The molecule has 0 saturated heterocycles. The number of amidine groups is 1. The minimum absolute atomic E-state index is 0.188. The van der Waals surface area contributed by atoms with Gasteiger partial charge in [0.2, 0.25) is 0 Å². The van der Waals surface area contributed by atoms with Gasteiger partial charge in [-0.2, -0.15) is 15.5 Å². The summed E-state index contributed by atoms with van der Waals surface area (Å²) < 4.78 is 0. The number of nitrogens with one attached hydrogen (secondary N) is 1. The Bertz CT molecular complexity index is 1140. The number of nitriles is 2. The third-order valence-electron chi connectivity index (χ3n) is 4.56. The van der Waals surface area contributed by atoms with Gasteiger partial charge in [0.1, 0.15) is 17.9 Å². The number of benzene rings is 2. The van der Waals surface area contributed by atoms with E-state index in [1.54, 1.807) is 11.0 Å². The first kappa shape index (κ1) is 17.4. The van der Waals surface area contributed by atoms with Crippen LogP contribution in [0.5, 0.6) is 0 Å². The maximum absolute atomic E-state index is 11.9. The highest BCUT2D eigenvalue weighted by Gasteiger charge is 2.35. The maximum atomic E-state index is 11.9. The number of hydrogen-bond donors (Lipinski definition) is 2. The molecule has 0 fully saturated rings. The highest BCUT2D eigenvalue weighted by Crippen LogP contribution is 2.37. The normalized spacial score (nSPS) is 17.4. The molecule has 8 heteroatoms. The van der Waals surface area contributed by atoms with Crippen LogP contribution >= 0.6 is 0 Å². The summed E-state index contributed by atoms with van der Waals surface area (Å²) in [4.78, 5) is 22.0. The molecule has 8 nitrogen and oxygen atoms in total. The van der Waals surface area contributed by atoms with Crippen molar-refractivity contribution in [1.82, 2.24) is 5.32 Å². The first-order valence-corrected chi connectivity index (χ1v) is 8.47. The van der Waals surface area contributed by atoms with Crippen molar-refractivity contribution in [2.24, 2.45) is 9.98 Å². The zero-order valence-corrected chi connectivity index (χ0v) is 14.8. The van der Waals surface area contributed by atoms with Gasteiger partial charge in [-0.05, 0) is 24.6 Å². The molecule has 136 valence electrons. The summed E-state index contributed by atoms with van der Waals surface area (Å²) in [5, 5.41) is 31.3. The van der Waals surface area contributed by atoms with Crippen LogP contribution < -0.4 is 10.2 Å². The van der Waals surface area contributed by atoms with Crippen LogP contribution in [-0.2, 0) is 6.54 Å². The summed E-state index contributed by atoms with van der Waals surface area (Å²) in [5.41, 5.74) is 3.61. The van der Waals surface area contributed by atoms with E-state index in [1.807, 2.05) is 43.3 Å². The van der Waals surface area contributed by atoms with E-state index in [-0.39, 0.29) is 22.7 Å². The van der Waals surface area contributed by atoms with E-state index in [1.165, 1.54) is 6.07 Å². The number of aliphatic hydroxyl groups is 1. The monoisotopic (exact) mass is 370 g/mol. The number of hydrogen-bond acceptors (Lipinski definition) is 6. The Kier molecular flexibility index (Phi) is 4.11. The van der Waals surface area contributed by atoms with Crippen LogP contribution in [0.3, 0.4) is 0 Å². The molecule has 0 radical (unpaired) electrons. The third-order valence-corrected chi connectivity index (χ3v) is 4.56. The molecule has 2 aliphatic heterocycles. The zero-order valence-electron chi connectivity index (χ0n) is 14.8. The van der Waals surface area contributed by atoms with Crippen molar-refractivity contribution in [2.75, 3.05) is 4.90 Å². The summed E-state index contributed by atoms with van der Waals surface area (Å²) in [5.74, 6) is 0.220. The van der Waals surface area contributed by atoms with Crippen molar-refractivity contribution in [3.05, 3.63) is 58.7 Å².